The summed E-state index contributed by atoms with van der Waals surface area (Å²) in [6.07, 6.45) is 2.79. The summed E-state index contributed by atoms with van der Waals surface area (Å²) in [7, 11) is -0.939. The number of anilines is 1. The lowest BCUT2D eigenvalue weighted by atomic mass is 9.95. The molecule has 7 nitrogen and oxygen atoms in total. The largest absolute Gasteiger partial charge is 0.508 e. The first kappa shape index (κ1) is 28.0. The van der Waals surface area contributed by atoms with Gasteiger partial charge in [0.25, 0.3) is 0 Å². The highest BCUT2D eigenvalue weighted by Crippen LogP contribution is 2.43. The first-order valence-corrected chi connectivity index (χ1v) is 16.3. The molecule has 44 heavy (non-hydrogen) atoms. The molecule has 4 aromatic rings. The zero-order valence-corrected chi connectivity index (χ0v) is 24.6. The third-order valence-electron chi connectivity index (χ3n) is 9.89. The SMILES string of the molecule is O=S1[C@@H]2CC[C@H]1CN(c1nc(OC[C@@]34CCCN3C[C@H](F)C4)nc3c(F)c(-c4cc(O)cc5ccc(F)c(F)c45)ccc13)C2. The smallest absolute Gasteiger partial charge is 0.319 e. The summed E-state index contributed by atoms with van der Waals surface area (Å²) >= 11 is 0. The number of alkyl halides is 1. The van der Waals surface area contributed by atoms with Crippen molar-refractivity contribution in [1.82, 2.24) is 14.9 Å². The molecule has 2 bridgehead atoms. The number of rotatable bonds is 5. The Labute approximate surface area is 253 Å². The minimum atomic E-state index is -1.15. The fraction of sp³-hybridized carbons (Fsp3) is 0.438. The molecule has 3 aromatic carbocycles. The molecule has 8 rings (SSSR count). The first-order valence-electron chi connectivity index (χ1n) is 15.0. The number of aromatic nitrogens is 2. The van der Waals surface area contributed by atoms with Gasteiger partial charge in [-0.25, -0.2) is 17.6 Å². The second-order valence-corrected chi connectivity index (χ2v) is 14.5. The van der Waals surface area contributed by atoms with Crippen molar-refractivity contribution in [3.8, 4) is 22.9 Å². The number of benzene rings is 3. The predicted molar refractivity (Wildman–Crippen MR) is 160 cm³/mol. The van der Waals surface area contributed by atoms with E-state index in [0.29, 0.717) is 37.3 Å². The molecular weight excluding hydrogens is 596 g/mol. The van der Waals surface area contributed by atoms with E-state index in [4.69, 9.17) is 9.72 Å². The Kier molecular flexibility index (Phi) is 6.53. The molecule has 5 atom stereocenters. The lowest BCUT2D eigenvalue weighted by Crippen LogP contribution is -2.45. The number of phenols is 1. The minimum Gasteiger partial charge on any atom is -0.508 e. The molecule has 0 saturated carbocycles. The topological polar surface area (TPSA) is 78.8 Å². The number of hydrogen-bond donors (Lipinski definition) is 1. The van der Waals surface area contributed by atoms with Crippen LogP contribution >= 0.6 is 0 Å². The summed E-state index contributed by atoms with van der Waals surface area (Å²) in [4.78, 5) is 13.3. The number of aromatic hydroxyl groups is 1. The van der Waals surface area contributed by atoms with Crippen molar-refractivity contribution in [2.24, 2.45) is 0 Å². The number of nitrogens with zero attached hydrogens (tertiary/aromatic N) is 4. The zero-order chi connectivity index (χ0) is 30.3. The van der Waals surface area contributed by atoms with E-state index in [9.17, 15) is 18.1 Å². The van der Waals surface area contributed by atoms with Crippen molar-refractivity contribution >= 4 is 38.3 Å². The molecule has 4 aliphatic rings. The van der Waals surface area contributed by atoms with Crippen LogP contribution in [0.15, 0.2) is 36.4 Å². The maximum Gasteiger partial charge on any atom is 0.319 e. The Morgan fingerprint density at radius 1 is 1.00 bits per heavy atom. The van der Waals surface area contributed by atoms with E-state index in [1.54, 1.807) is 6.07 Å². The highest BCUT2D eigenvalue weighted by atomic mass is 32.2. The fourth-order valence-electron chi connectivity index (χ4n) is 7.82. The predicted octanol–water partition coefficient (Wildman–Crippen LogP) is 5.63. The highest BCUT2D eigenvalue weighted by Gasteiger charge is 2.49. The third-order valence-corrected chi connectivity index (χ3v) is 12.0. The van der Waals surface area contributed by atoms with Crippen LogP contribution in [0.5, 0.6) is 11.8 Å². The molecule has 4 saturated heterocycles. The number of fused-ring (bicyclic) bond motifs is 5. The van der Waals surface area contributed by atoms with Gasteiger partial charge in [0.2, 0.25) is 0 Å². The van der Waals surface area contributed by atoms with Gasteiger partial charge in [0.1, 0.15) is 29.9 Å². The Bertz CT molecular complexity index is 1840. The van der Waals surface area contributed by atoms with Gasteiger partial charge in [-0.3, -0.25) is 9.11 Å². The number of hydrogen-bond acceptors (Lipinski definition) is 7. The van der Waals surface area contributed by atoms with Gasteiger partial charge in [-0.2, -0.15) is 9.97 Å². The van der Waals surface area contributed by atoms with E-state index in [1.165, 1.54) is 24.3 Å². The molecule has 4 aliphatic heterocycles. The normalized spacial score (nSPS) is 28.3. The van der Waals surface area contributed by atoms with E-state index in [2.05, 4.69) is 9.88 Å². The van der Waals surface area contributed by atoms with Gasteiger partial charge in [0, 0.05) is 53.2 Å². The molecule has 5 heterocycles. The maximum absolute atomic E-state index is 16.6. The zero-order valence-electron chi connectivity index (χ0n) is 23.7. The molecule has 1 aromatic heterocycles. The molecule has 12 heteroatoms. The van der Waals surface area contributed by atoms with Gasteiger partial charge in [-0.1, -0.05) is 12.1 Å². The molecule has 4 fully saturated rings. The fourth-order valence-corrected chi connectivity index (χ4v) is 9.76. The molecule has 1 unspecified atom stereocenters. The lowest BCUT2D eigenvalue weighted by Gasteiger charge is -2.33. The van der Waals surface area contributed by atoms with Crippen LogP contribution in [0, 0.1) is 17.5 Å². The quantitative estimate of drug-likeness (QED) is 0.288. The van der Waals surface area contributed by atoms with Crippen LogP contribution in [0.2, 0.25) is 0 Å². The van der Waals surface area contributed by atoms with Crippen LogP contribution in [0.3, 0.4) is 0 Å². The van der Waals surface area contributed by atoms with Crippen molar-refractivity contribution in [3.63, 3.8) is 0 Å². The van der Waals surface area contributed by atoms with Crippen molar-refractivity contribution in [1.29, 1.82) is 0 Å². The van der Waals surface area contributed by atoms with Crippen LogP contribution in [-0.2, 0) is 10.8 Å². The van der Waals surface area contributed by atoms with Crippen molar-refractivity contribution in [2.45, 2.75) is 54.3 Å². The van der Waals surface area contributed by atoms with Gasteiger partial charge in [0.05, 0.1) is 16.0 Å². The molecule has 0 aliphatic carbocycles. The van der Waals surface area contributed by atoms with Crippen molar-refractivity contribution < 1.29 is 31.6 Å². The highest BCUT2D eigenvalue weighted by molar-refractivity contribution is 7.86. The van der Waals surface area contributed by atoms with Gasteiger partial charge in [-0.05, 0) is 67.4 Å². The second kappa shape index (κ2) is 10.3. The van der Waals surface area contributed by atoms with Crippen LogP contribution in [0.1, 0.15) is 32.1 Å². The average molecular weight is 627 g/mol. The monoisotopic (exact) mass is 626 g/mol. The van der Waals surface area contributed by atoms with E-state index in [-0.39, 0.29) is 56.3 Å². The molecule has 0 radical (unpaired) electrons. The molecule has 230 valence electrons. The second-order valence-electron chi connectivity index (χ2n) is 12.5. The Hall–Kier alpha value is -3.51. The van der Waals surface area contributed by atoms with Gasteiger partial charge < -0.3 is 14.7 Å². The molecule has 0 amide bonds. The standard InChI is InChI=1S/C32H30F4N4O3S/c33-18-12-32(8-1-9-40(32)13-18)16-43-31-37-29-23(30(38-31)39-14-20-3-4-21(15-39)44(20)42)6-5-22(27(29)35)24-11-19(41)10-17-2-7-25(34)28(36)26(17)24/h2,5-7,10-11,18,20-21,41H,1,3-4,8-9,12-16H2/t18-,20-,21+,32+,44?/m1/s1. The summed E-state index contributed by atoms with van der Waals surface area (Å²) in [5.74, 6) is -2.83. The summed E-state index contributed by atoms with van der Waals surface area (Å²) in [6, 6.07) is 7.80. The van der Waals surface area contributed by atoms with Crippen LogP contribution < -0.4 is 9.64 Å². The first-order chi connectivity index (χ1) is 21.2. The number of halogens is 4. The summed E-state index contributed by atoms with van der Waals surface area (Å²) < 4.78 is 79.4. The Morgan fingerprint density at radius 2 is 1.80 bits per heavy atom. The van der Waals surface area contributed by atoms with Crippen LogP contribution in [-0.4, -0.2) is 79.2 Å². The van der Waals surface area contributed by atoms with Crippen LogP contribution in [0.25, 0.3) is 32.8 Å². The number of ether oxygens (including phenoxy) is 1. The van der Waals surface area contributed by atoms with E-state index >= 15 is 8.78 Å². The number of phenolic OH excluding ortho intramolecular Hbond substituents is 1. The van der Waals surface area contributed by atoms with E-state index in [0.717, 1.165) is 38.3 Å². The van der Waals surface area contributed by atoms with Gasteiger partial charge in [-0.15, -0.1) is 0 Å². The molecule has 0 spiro atoms. The molecular formula is C32H30F4N4O3S. The lowest BCUT2D eigenvalue weighted by molar-refractivity contribution is 0.107. The van der Waals surface area contributed by atoms with Crippen molar-refractivity contribution in [3.05, 3.63) is 53.8 Å². The van der Waals surface area contributed by atoms with Gasteiger partial charge >= 0.3 is 6.01 Å². The van der Waals surface area contributed by atoms with Crippen LogP contribution in [0.4, 0.5) is 23.4 Å². The molecule has 1 N–H and O–H groups in total. The Morgan fingerprint density at radius 3 is 2.59 bits per heavy atom. The summed E-state index contributed by atoms with van der Waals surface area (Å²) in [5, 5.41) is 10.8. The minimum absolute atomic E-state index is 0.0188. The van der Waals surface area contributed by atoms with E-state index in [1.807, 2.05) is 4.90 Å². The third kappa shape index (κ3) is 4.35. The van der Waals surface area contributed by atoms with Gasteiger partial charge in [0.15, 0.2) is 17.5 Å². The van der Waals surface area contributed by atoms with E-state index < -0.39 is 40.0 Å². The summed E-state index contributed by atoms with van der Waals surface area (Å²) in [5.41, 5.74) is -0.646. The van der Waals surface area contributed by atoms with Crippen molar-refractivity contribution in [2.75, 3.05) is 37.7 Å². The summed E-state index contributed by atoms with van der Waals surface area (Å²) in [6.45, 7) is 2.26. The maximum atomic E-state index is 16.6. The average Bonchev–Trinajstić information content (AvgIpc) is 3.58. The Balaban J connectivity index is 1.27.